The Morgan fingerprint density at radius 2 is 1.83 bits per heavy atom. The highest BCUT2D eigenvalue weighted by atomic mass is 16.7. The van der Waals surface area contributed by atoms with Crippen molar-refractivity contribution < 1.29 is 18.9 Å². The molecule has 2 rings (SSSR count). The predicted molar refractivity (Wildman–Crippen MR) is 67.2 cm³/mol. The molecule has 0 radical (unpaired) electrons. The van der Waals surface area contributed by atoms with Gasteiger partial charge in [0.15, 0.2) is 6.29 Å². The molecule has 18 heavy (non-hydrogen) atoms. The van der Waals surface area contributed by atoms with Crippen LogP contribution in [0.4, 0.5) is 0 Å². The topological polar surface area (TPSA) is 62.9 Å². The van der Waals surface area contributed by atoms with E-state index in [4.69, 9.17) is 24.7 Å². The van der Waals surface area contributed by atoms with E-state index in [1.54, 1.807) is 14.2 Å². The number of hydrogen-bond donors (Lipinski definition) is 1. The fourth-order valence-corrected chi connectivity index (χ4v) is 3.12. The Balaban J connectivity index is 1.97. The first kappa shape index (κ1) is 14.2. The third-order valence-corrected chi connectivity index (χ3v) is 4.26. The van der Waals surface area contributed by atoms with Crippen LogP contribution in [-0.2, 0) is 18.9 Å². The summed E-state index contributed by atoms with van der Waals surface area (Å²) in [5, 5.41) is 0. The van der Waals surface area contributed by atoms with E-state index in [9.17, 15) is 0 Å². The number of nitrogens with two attached hydrogens (primary N) is 1. The molecule has 2 saturated heterocycles. The van der Waals surface area contributed by atoms with Gasteiger partial charge >= 0.3 is 0 Å². The van der Waals surface area contributed by atoms with Crippen molar-refractivity contribution in [2.24, 2.45) is 11.7 Å². The molecule has 2 heterocycles. The molecule has 5 heteroatoms. The minimum atomic E-state index is -0.329. The van der Waals surface area contributed by atoms with Crippen LogP contribution < -0.4 is 5.73 Å². The Morgan fingerprint density at radius 1 is 1.17 bits per heavy atom. The molecule has 2 aliphatic rings. The molecule has 2 N–H and O–H groups in total. The summed E-state index contributed by atoms with van der Waals surface area (Å²) in [6.07, 6.45) is 3.58. The van der Waals surface area contributed by atoms with Gasteiger partial charge in [-0.2, -0.15) is 0 Å². The van der Waals surface area contributed by atoms with Crippen LogP contribution in [0.3, 0.4) is 0 Å². The maximum Gasteiger partial charge on any atom is 0.172 e. The van der Waals surface area contributed by atoms with Gasteiger partial charge in [-0.25, -0.2) is 0 Å². The number of methoxy groups -OCH3 is 2. The Kier molecular flexibility index (Phi) is 4.98. The van der Waals surface area contributed by atoms with Gasteiger partial charge in [0.25, 0.3) is 0 Å². The van der Waals surface area contributed by atoms with Crippen LogP contribution in [-0.4, -0.2) is 52.0 Å². The van der Waals surface area contributed by atoms with E-state index >= 15 is 0 Å². The van der Waals surface area contributed by atoms with Crippen LogP contribution in [0, 0.1) is 5.92 Å². The third-order valence-electron chi connectivity index (χ3n) is 4.26. The van der Waals surface area contributed by atoms with Gasteiger partial charge in [0, 0.05) is 34.0 Å². The first-order valence-electron chi connectivity index (χ1n) is 6.74. The normalized spacial score (nSPS) is 29.7. The SMILES string of the molecule is COC(OC)C(N)C1CCOC2(CCOCC2)C1. The van der Waals surface area contributed by atoms with Gasteiger partial charge in [-0.05, 0) is 31.6 Å². The largest absolute Gasteiger partial charge is 0.381 e. The zero-order chi connectivity index (χ0) is 13.0. The van der Waals surface area contributed by atoms with Gasteiger partial charge in [0.05, 0.1) is 11.6 Å². The van der Waals surface area contributed by atoms with Gasteiger partial charge in [0.1, 0.15) is 0 Å². The minimum Gasteiger partial charge on any atom is -0.381 e. The first-order chi connectivity index (χ1) is 8.71. The van der Waals surface area contributed by atoms with Crippen molar-refractivity contribution in [3.63, 3.8) is 0 Å². The molecule has 0 aromatic rings. The predicted octanol–water partition coefficient (Wildman–Crippen LogP) is 0.908. The molecule has 2 atom stereocenters. The van der Waals surface area contributed by atoms with E-state index in [1.807, 2.05) is 0 Å². The van der Waals surface area contributed by atoms with E-state index in [2.05, 4.69) is 0 Å². The summed E-state index contributed by atoms with van der Waals surface area (Å²) in [6.45, 7) is 2.36. The zero-order valence-corrected chi connectivity index (χ0v) is 11.4. The van der Waals surface area contributed by atoms with Crippen LogP contribution in [0.2, 0.25) is 0 Å². The molecular weight excluding hydrogens is 234 g/mol. The maximum atomic E-state index is 6.27. The number of hydrogen-bond acceptors (Lipinski definition) is 5. The van der Waals surface area contributed by atoms with Crippen molar-refractivity contribution in [1.29, 1.82) is 0 Å². The summed E-state index contributed by atoms with van der Waals surface area (Å²) in [5.41, 5.74) is 6.24. The lowest BCUT2D eigenvalue weighted by Gasteiger charge is -2.45. The Bertz CT molecular complexity index is 246. The van der Waals surface area contributed by atoms with Crippen molar-refractivity contribution in [3.8, 4) is 0 Å². The highest BCUT2D eigenvalue weighted by molar-refractivity contribution is 4.92. The second kappa shape index (κ2) is 6.30. The number of rotatable bonds is 4. The standard InChI is InChI=1S/C13H25NO4/c1-15-12(16-2)11(14)10-3-6-18-13(9-10)4-7-17-8-5-13/h10-12H,3-9,14H2,1-2H3. The summed E-state index contributed by atoms with van der Waals surface area (Å²) in [7, 11) is 3.27. The molecule has 5 nitrogen and oxygen atoms in total. The Hall–Kier alpha value is -0.200. The molecule has 1 spiro atoms. The molecule has 0 amide bonds. The van der Waals surface area contributed by atoms with Crippen molar-refractivity contribution in [3.05, 3.63) is 0 Å². The molecule has 0 aromatic heterocycles. The van der Waals surface area contributed by atoms with E-state index in [0.29, 0.717) is 5.92 Å². The number of ether oxygens (including phenoxy) is 4. The van der Waals surface area contributed by atoms with Gasteiger partial charge in [0.2, 0.25) is 0 Å². The van der Waals surface area contributed by atoms with Crippen LogP contribution >= 0.6 is 0 Å². The molecule has 0 saturated carbocycles. The third kappa shape index (κ3) is 3.03. The molecule has 2 unspecified atom stereocenters. The Morgan fingerprint density at radius 3 is 2.44 bits per heavy atom. The molecule has 106 valence electrons. The highest BCUT2D eigenvalue weighted by Crippen LogP contribution is 2.38. The molecule has 0 bridgehead atoms. The summed E-state index contributed by atoms with van der Waals surface area (Å²) in [4.78, 5) is 0. The van der Waals surface area contributed by atoms with Gasteiger partial charge in [-0.3, -0.25) is 0 Å². The highest BCUT2D eigenvalue weighted by Gasteiger charge is 2.42. The van der Waals surface area contributed by atoms with Crippen molar-refractivity contribution in [2.75, 3.05) is 34.0 Å². The summed E-state index contributed by atoms with van der Waals surface area (Å²) in [5.74, 6) is 0.391. The van der Waals surface area contributed by atoms with Crippen LogP contribution in [0.15, 0.2) is 0 Å². The minimum absolute atomic E-state index is 0.0230. The molecular formula is C13H25NO4. The molecule has 2 aliphatic heterocycles. The summed E-state index contributed by atoms with van der Waals surface area (Å²) in [6, 6.07) is -0.0939. The fraction of sp³-hybridized carbons (Fsp3) is 1.00. The lowest BCUT2D eigenvalue weighted by molar-refractivity contribution is -0.171. The average molecular weight is 259 g/mol. The van der Waals surface area contributed by atoms with Gasteiger partial charge in [-0.1, -0.05) is 0 Å². The maximum absolute atomic E-state index is 6.27. The van der Waals surface area contributed by atoms with Crippen molar-refractivity contribution in [2.45, 2.75) is 43.6 Å². The lowest BCUT2D eigenvalue weighted by Crippen LogP contribution is -2.52. The van der Waals surface area contributed by atoms with Gasteiger partial charge < -0.3 is 24.7 Å². The second-order valence-electron chi connectivity index (χ2n) is 5.31. The lowest BCUT2D eigenvalue weighted by atomic mass is 9.78. The van der Waals surface area contributed by atoms with E-state index in [0.717, 1.165) is 45.5 Å². The Labute approximate surface area is 109 Å². The van der Waals surface area contributed by atoms with E-state index in [-0.39, 0.29) is 17.9 Å². The van der Waals surface area contributed by atoms with Crippen LogP contribution in [0.1, 0.15) is 25.7 Å². The summed E-state index contributed by atoms with van der Waals surface area (Å²) >= 11 is 0. The molecule has 0 aliphatic carbocycles. The van der Waals surface area contributed by atoms with Gasteiger partial charge in [-0.15, -0.1) is 0 Å². The smallest absolute Gasteiger partial charge is 0.172 e. The summed E-state index contributed by atoms with van der Waals surface area (Å²) < 4.78 is 22.0. The van der Waals surface area contributed by atoms with Crippen LogP contribution in [0.25, 0.3) is 0 Å². The van der Waals surface area contributed by atoms with Crippen molar-refractivity contribution in [1.82, 2.24) is 0 Å². The second-order valence-corrected chi connectivity index (χ2v) is 5.31. The van der Waals surface area contributed by atoms with Crippen molar-refractivity contribution >= 4 is 0 Å². The fourth-order valence-electron chi connectivity index (χ4n) is 3.12. The van der Waals surface area contributed by atoms with E-state index < -0.39 is 0 Å². The molecule has 0 aromatic carbocycles. The monoisotopic (exact) mass is 259 g/mol. The molecule has 2 fully saturated rings. The first-order valence-corrected chi connectivity index (χ1v) is 6.74. The average Bonchev–Trinajstić information content (AvgIpc) is 2.41. The van der Waals surface area contributed by atoms with E-state index in [1.165, 1.54) is 0 Å². The quantitative estimate of drug-likeness (QED) is 0.760. The van der Waals surface area contributed by atoms with Crippen LogP contribution in [0.5, 0.6) is 0 Å². The zero-order valence-electron chi connectivity index (χ0n) is 11.4.